The molecule has 0 aromatic heterocycles. The van der Waals surface area contributed by atoms with Crippen molar-refractivity contribution in [2.45, 2.75) is 29.4 Å². The quantitative estimate of drug-likeness (QED) is 0.199. The molecule has 2 rings (SSSR count). The molecule has 0 fully saturated rings. The van der Waals surface area contributed by atoms with Gasteiger partial charge in [0.05, 0.1) is 0 Å². The van der Waals surface area contributed by atoms with Crippen molar-refractivity contribution in [1.82, 2.24) is 0 Å². The fourth-order valence-corrected chi connectivity index (χ4v) is 9.54. The minimum atomic E-state index is -6.18. The van der Waals surface area contributed by atoms with E-state index in [0.717, 1.165) is 0 Å². The minimum absolute atomic E-state index is 0.353. The van der Waals surface area contributed by atoms with Crippen LogP contribution in [0.2, 0.25) is 0 Å². The second-order valence-corrected chi connectivity index (χ2v) is 14.2. The van der Waals surface area contributed by atoms with E-state index in [-0.39, 0.29) is 12.1 Å². The van der Waals surface area contributed by atoms with Gasteiger partial charge >= 0.3 is 0 Å². The minimum Gasteiger partial charge on any atom is -0.282 e. The number of fused-ring (bicyclic) bond motifs is 1. The highest BCUT2D eigenvalue weighted by Gasteiger charge is 2.40. The zero-order valence-electron chi connectivity index (χ0n) is 15.2. The molecule has 0 aliphatic heterocycles. The predicted octanol–water partition coefficient (Wildman–Crippen LogP) is -1.68. The number of rotatable bonds is 6. The molecule has 0 unspecified atom stereocenters. The van der Waals surface area contributed by atoms with Crippen LogP contribution in [0.25, 0.3) is 10.8 Å². The highest BCUT2D eigenvalue weighted by molar-refractivity contribution is 7.91. The Morgan fingerprint density at radius 2 is 0.559 bits per heavy atom. The van der Waals surface area contributed by atoms with Crippen molar-refractivity contribution in [3.05, 3.63) is 12.1 Å². The molecule has 0 atom stereocenters. The molecule has 18 nitrogen and oxygen atoms in total. The van der Waals surface area contributed by atoms with E-state index in [1.54, 1.807) is 0 Å². The maximum Gasteiger partial charge on any atom is 0.297 e. The Balaban J connectivity index is 3.82. The molecule has 0 amide bonds. The van der Waals surface area contributed by atoms with Crippen LogP contribution in [0.15, 0.2) is 41.5 Å². The van der Waals surface area contributed by atoms with Crippen LogP contribution in [0.5, 0.6) is 0 Å². The molecule has 0 heterocycles. The summed E-state index contributed by atoms with van der Waals surface area (Å²) in [4.78, 5) is -13.8. The fourth-order valence-electron chi connectivity index (χ4n) is 2.78. The summed E-state index contributed by atoms with van der Waals surface area (Å²) in [7, 11) is -36.6. The molecule has 0 aliphatic carbocycles. The summed E-state index contributed by atoms with van der Waals surface area (Å²) in [5.74, 6) is 0. The summed E-state index contributed by atoms with van der Waals surface area (Å²) in [5.41, 5.74) is 0. The molecule has 6 N–H and O–H groups in total. The first-order valence-corrected chi connectivity index (χ1v) is 15.9. The third-order valence-corrected chi connectivity index (χ3v) is 9.81. The molecule has 0 radical (unpaired) electrons. The number of hydrogen-bond acceptors (Lipinski definition) is 12. The van der Waals surface area contributed by atoms with Gasteiger partial charge in [-0.3, -0.25) is 27.3 Å². The Morgan fingerprint density at radius 3 is 0.706 bits per heavy atom. The Kier molecular flexibility index (Phi) is 6.54. The van der Waals surface area contributed by atoms with Gasteiger partial charge in [-0.2, -0.15) is 50.5 Å². The van der Waals surface area contributed by atoms with Crippen molar-refractivity contribution in [3.63, 3.8) is 0 Å². The van der Waals surface area contributed by atoms with Crippen LogP contribution in [0.1, 0.15) is 0 Å². The average Bonchev–Trinajstić information content (AvgIpc) is 2.52. The third-order valence-electron chi connectivity index (χ3n) is 3.78. The Labute approximate surface area is 190 Å². The lowest BCUT2D eigenvalue weighted by atomic mass is 10.1. The Hall–Kier alpha value is -1.84. The maximum atomic E-state index is 11.9. The van der Waals surface area contributed by atoms with Crippen LogP contribution in [0.3, 0.4) is 0 Å². The molecule has 0 spiro atoms. The van der Waals surface area contributed by atoms with Gasteiger partial charge in [-0.15, -0.1) is 0 Å². The average molecular weight is 609 g/mol. The maximum absolute atomic E-state index is 11.9. The van der Waals surface area contributed by atoms with Gasteiger partial charge in [-0.1, -0.05) is 0 Å². The first-order chi connectivity index (χ1) is 14.7. The third kappa shape index (κ3) is 5.21. The molecular formula is C10H8O18S6. The molecule has 192 valence electrons. The van der Waals surface area contributed by atoms with Crippen LogP contribution in [-0.2, 0) is 60.7 Å². The van der Waals surface area contributed by atoms with Crippen molar-refractivity contribution in [1.29, 1.82) is 0 Å². The van der Waals surface area contributed by atoms with E-state index in [2.05, 4.69) is 0 Å². The van der Waals surface area contributed by atoms with Crippen molar-refractivity contribution >= 4 is 71.5 Å². The Bertz CT molecular complexity index is 1770. The standard InChI is InChI=1S/C10H8O18S6/c11-29(12,13)5-1-3-4(8(32(20,21)22)9(5)33(23,24)25)2-6(30(14,15)16)10(34(26,27)28)7(3)31(17,18)19/h1-2H,(H,11,12,13)(H,14,15,16)(H,17,18,19)(H,20,21,22)(H,23,24,25)(H,26,27,28). The summed E-state index contributed by atoms with van der Waals surface area (Å²) in [6, 6.07) is -0.706. The molecule has 24 heteroatoms. The zero-order chi connectivity index (χ0) is 27.0. The lowest BCUT2D eigenvalue weighted by molar-refractivity contribution is 0.454. The lowest BCUT2D eigenvalue weighted by Gasteiger charge is -2.17. The molecule has 0 saturated carbocycles. The van der Waals surface area contributed by atoms with E-state index in [1.165, 1.54) is 0 Å². The van der Waals surface area contributed by atoms with Crippen molar-refractivity contribution in [2.24, 2.45) is 0 Å². The molecule has 34 heavy (non-hydrogen) atoms. The van der Waals surface area contributed by atoms with E-state index in [9.17, 15) is 77.8 Å². The van der Waals surface area contributed by atoms with Gasteiger partial charge in [0.15, 0.2) is 0 Å². The largest absolute Gasteiger partial charge is 0.297 e. The molecule has 2 aromatic carbocycles. The van der Waals surface area contributed by atoms with Gasteiger partial charge < -0.3 is 0 Å². The number of hydrogen-bond donors (Lipinski definition) is 6. The highest BCUT2D eigenvalue weighted by Crippen LogP contribution is 2.42. The summed E-state index contributed by atoms with van der Waals surface area (Å²) in [6.07, 6.45) is 0. The van der Waals surface area contributed by atoms with Crippen LogP contribution in [-0.4, -0.2) is 77.8 Å². The molecule has 0 saturated heterocycles. The van der Waals surface area contributed by atoms with Gasteiger partial charge in [0.1, 0.15) is 29.4 Å². The van der Waals surface area contributed by atoms with Gasteiger partial charge in [-0.05, 0) is 12.1 Å². The summed E-state index contributed by atoms with van der Waals surface area (Å²) < 4.78 is 197. The Morgan fingerprint density at radius 1 is 0.353 bits per heavy atom. The van der Waals surface area contributed by atoms with Crippen LogP contribution in [0, 0.1) is 0 Å². The van der Waals surface area contributed by atoms with Crippen molar-refractivity contribution in [2.75, 3.05) is 0 Å². The lowest BCUT2D eigenvalue weighted by Crippen LogP contribution is -2.19. The summed E-state index contributed by atoms with van der Waals surface area (Å²) in [6.45, 7) is 0. The van der Waals surface area contributed by atoms with E-state index in [1.807, 2.05) is 0 Å². The fraction of sp³-hybridized carbons (Fsp3) is 0. The van der Waals surface area contributed by atoms with Crippen LogP contribution >= 0.6 is 0 Å². The SMILES string of the molecule is O=S(=O)(O)c1cc2c(S(=O)(=O)O)c(S(=O)(=O)O)c(S(=O)(=O)O)cc2c(S(=O)(=O)O)c1S(=O)(=O)O. The second kappa shape index (κ2) is 7.83. The monoisotopic (exact) mass is 608 g/mol. The zero-order valence-corrected chi connectivity index (χ0v) is 20.1. The van der Waals surface area contributed by atoms with Gasteiger partial charge in [-0.25, -0.2) is 0 Å². The van der Waals surface area contributed by atoms with Crippen LogP contribution in [0.4, 0.5) is 0 Å². The van der Waals surface area contributed by atoms with E-state index in [0.29, 0.717) is 0 Å². The van der Waals surface area contributed by atoms with E-state index >= 15 is 0 Å². The number of benzene rings is 2. The summed E-state index contributed by atoms with van der Waals surface area (Å²) >= 11 is 0. The molecular weight excluding hydrogens is 600 g/mol. The van der Waals surface area contributed by atoms with Crippen molar-refractivity contribution < 1.29 is 77.8 Å². The smallest absolute Gasteiger partial charge is 0.282 e. The van der Waals surface area contributed by atoms with Crippen molar-refractivity contribution in [3.8, 4) is 0 Å². The van der Waals surface area contributed by atoms with E-state index in [4.69, 9.17) is 0 Å². The van der Waals surface area contributed by atoms with Gasteiger partial charge in [0.25, 0.3) is 60.7 Å². The second-order valence-electron chi connectivity index (χ2n) is 6.01. The predicted molar refractivity (Wildman–Crippen MR) is 103 cm³/mol. The summed E-state index contributed by atoms with van der Waals surface area (Å²) in [5, 5.41) is -3.48. The van der Waals surface area contributed by atoms with Gasteiger partial charge in [0, 0.05) is 10.8 Å². The molecule has 0 bridgehead atoms. The molecule has 2 aromatic rings. The molecule has 0 aliphatic rings. The first kappa shape index (κ1) is 28.4. The van der Waals surface area contributed by atoms with E-state index < -0.39 is 101 Å². The van der Waals surface area contributed by atoms with Crippen LogP contribution < -0.4 is 0 Å². The van der Waals surface area contributed by atoms with Gasteiger partial charge in [0.2, 0.25) is 0 Å². The topological polar surface area (TPSA) is 326 Å². The highest BCUT2D eigenvalue weighted by atomic mass is 32.2. The first-order valence-electron chi connectivity index (χ1n) is 7.22. The normalized spacial score (nSPS) is 14.4.